The van der Waals surface area contributed by atoms with Gasteiger partial charge in [-0.2, -0.15) is 0 Å². The topological polar surface area (TPSA) is 71.2 Å². The normalized spacial score (nSPS) is 19.5. The van der Waals surface area contributed by atoms with E-state index < -0.39 is 0 Å². The first kappa shape index (κ1) is 18.9. The van der Waals surface area contributed by atoms with Crippen LogP contribution in [-0.2, 0) is 4.79 Å². The molecule has 5 rings (SSSR count). The lowest BCUT2D eigenvalue weighted by molar-refractivity contribution is -0.132. The second-order valence-corrected chi connectivity index (χ2v) is 8.37. The number of amides is 1. The number of nitrogens with zero attached hydrogens (tertiary/aromatic N) is 4. The summed E-state index contributed by atoms with van der Waals surface area (Å²) in [6.45, 7) is 1.68. The third-order valence-electron chi connectivity index (χ3n) is 6.22. The van der Waals surface area contributed by atoms with Crippen molar-refractivity contribution in [1.82, 2.24) is 19.7 Å². The molecule has 0 spiro atoms. The van der Waals surface area contributed by atoms with Crippen molar-refractivity contribution in [2.75, 3.05) is 13.1 Å². The highest BCUT2D eigenvalue weighted by atomic mass is 16.3. The van der Waals surface area contributed by atoms with Crippen LogP contribution < -0.4 is 0 Å². The predicted molar refractivity (Wildman–Crippen MR) is 115 cm³/mol. The van der Waals surface area contributed by atoms with Crippen molar-refractivity contribution < 1.29 is 9.90 Å². The minimum atomic E-state index is 0.263. The molecule has 1 aliphatic carbocycles. The third kappa shape index (κ3) is 3.82. The summed E-state index contributed by atoms with van der Waals surface area (Å²) >= 11 is 0. The second kappa shape index (κ2) is 7.94. The van der Waals surface area contributed by atoms with E-state index >= 15 is 0 Å². The Hall–Kier alpha value is -3.15. The van der Waals surface area contributed by atoms with Crippen molar-refractivity contribution in [3.05, 3.63) is 54.9 Å². The van der Waals surface area contributed by atoms with Gasteiger partial charge in [0.25, 0.3) is 0 Å². The summed E-state index contributed by atoms with van der Waals surface area (Å²) in [5, 5.41) is 18.3. The molecule has 1 aromatic heterocycles. The van der Waals surface area contributed by atoms with Crippen LogP contribution in [0.5, 0.6) is 5.75 Å². The molecule has 2 heterocycles. The van der Waals surface area contributed by atoms with Crippen LogP contribution in [0.2, 0.25) is 0 Å². The number of phenols is 1. The van der Waals surface area contributed by atoms with Gasteiger partial charge in [-0.3, -0.25) is 4.79 Å². The van der Waals surface area contributed by atoms with Gasteiger partial charge in [-0.05, 0) is 55.4 Å². The first-order chi connectivity index (χ1) is 14.7. The fourth-order valence-corrected chi connectivity index (χ4v) is 4.38. The van der Waals surface area contributed by atoms with Crippen LogP contribution in [0.3, 0.4) is 0 Å². The first-order valence-electron chi connectivity index (χ1n) is 10.8. The van der Waals surface area contributed by atoms with Crippen LogP contribution in [0.4, 0.5) is 0 Å². The molecule has 2 aliphatic rings. The Labute approximate surface area is 176 Å². The SMILES string of the molecule is O=C(C1CC1)N1CCCC(n2cnnc2-c2ccc(-c3cccc(O)c3)cc2)CC1. The maximum absolute atomic E-state index is 12.4. The molecule has 6 heteroatoms. The van der Waals surface area contributed by atoms with Crippen molar-refractivity contribution in [2.45, 2.75) is 38.1 Å². The lowest BCUT2D eigenvalue weighted by Gasteiger charge is -2.21. The Morgan fingerprint density at radius 2 is 1.73 bits per heavy atom. The molecule has 1 aliphatic heterocycles. The molecule has 154 valence electrons. The number of benzene rings is 2. The molecule has 1 saturated heterocycles. The highest BCUT2D eigenvalue weighted by Crippen LogP contribution is 2.34. The summed E-state index contributed by atoms with van der Waals surface area (Å²) in [7, 11) is 0. The lowest BCUT2D eigenvalue weighted by Crippen LogP contribution is -2.33. The molecule has 1 unspecified atom stereocenters. The van der Waals surface area contributed by atoms with Gasteiger partial charge in [0.2, 0.25) is 5.91 Å². The molecule has 0 bridgehead atoms. The smallest absolute Gasteiger partial charge is 0.225 e. The van der Waals surface area contributed by atoms with E-state index in [9.17, 15) is 9.90 Å². The first-order valence-corrected chi connectivity index (χ1v) is 10.8. The zero-order valence-electron chi connectivity index (χ0n) is 16.9. The van der Waals surface area contributed by atoms with Gasteiger partial charge in [0, 0.05) is 30.6 Å². The van der Waals surface area contributed by atoms with Crippen molar-refractivity contribution in [3.63, 3.8) is 0 Å². The largest absolute Gasteiger partial charge is 0.508 e. The zero-order valence-corrected chi connectivity index (χ0v) is 16.9. The average Bonchev–Trinajstić information content (AvgIpc) is 3.55. The zero-order chi connectivity index (χ0) is 20.5. The molecule has 1 amide bonds. The summed E-state index contributed by atoms with van der Waals surface area (Å²) in [6.07, 6.45) is 6.92. The number of aromatic nitrogens is 3. The van der Waals surface area contributed by atoms with E-state index in [0.717, 1.165) is 67.7 Å². The van der Waals surface area contributed by atoms with Crippen LogP contribution >= 0.6 is 0 Å². The van der Waals surface area contributed by atoms with Gasteiger partial charge in [0.15, 0.2) is 5.82 Å². The van der Waals surface area contributed by atoms with Crippen molar-refractivity contribution in [2.24, 2.45) is 5.92 Å². The van der Waals surface area contributed by atoms with Gasteiger partial charge in [-0.25, -0.2) is 0 Å². The Morgan fingerprint density at radius 3 is 2.50 bits per heavy atom. The van der Waals surface area contributed by atoms with E-state index in [1.165, 1.54) is 0 Å². The summed E-state index contributed by atoms with van der Waals surface area (Å²) in [5.74, 6) is 1.77. The number of hydrogen-bond donors (Lipinski definition) is 1. The molecular formula is C24H26N4O2. The molecule has 0 radical (unpaired) electrons. The molecule has 2 fully saturated rings. The Kier molecular flexibility index (Phi) is 4.99. The molecule has 30 heavy (non-hydrogen) atoms. The highest BCUT2D eigenvalue weighted by molar-refractivity contribution is 5.81. The predicted octanol–water partition coefficient (Wildman–Crippen LogP) is 4.28. The van der Waals surface area contributed by atoms with Crippen LogP contribution in [0.25, 0.3) is 22.5 Å². The van der Waals surface area contributed by atoms with Gasteiger partial charge in [0.05, 0.1) is 0 Å². The van der Waals surface area contributed by atoms with Gasteiger partial charge in [-0.15, -0.1) is 10.2 Å². The molecule has 2 aromatic carbocycles. The summed E-state index contributed by atoms with van der Waals surface area (Å²) in [4.78, 5) is 14.5. The van der Waals surface area contributed by atoms with Crippen molar-refractivity contribution >= 4 is 5.91 Å². The van der Waals surface area contributed by atoms with E-state index in [2.05, 4.69) is 31.8 Å². The quantitative estimate of drug-likeness (QED) is 0.707. The van der Waals surface area contributed by atoms with Crippen molar-refractivity contribution in [1.29, 1.82) is 0 Å². The summed E-state index contributed by atoms with van der Waals surface area (Å²) in [6, 6.07) is 15.8. The van der Waals surface area contributed by atoms with Crippen LogP contribution in [0, 0.1) is 5.92 Å². The van der Waals surface area contributed by atoms with E-state index in [0.29, 0.717) is 11.9 Å². The standard InChI is InChI=1S/C24H26N4O2/c29-22-5-1-3-20(15-22)17-6-8-18(9-7-17)23-26-25-16-28(23)21-4-2-13-27(14-12-21)24(30)19-10-11-19/h1,3,5-9,15-16,19,21,29H,2,4,10-14H2. The van der Waals surface area contributed by atoms with E-state index in [4.69, 9.17) is 0 Å². The van der Waals surface area contributed by atoms with Gasteiger partial charge >= 0.3 is 0 Å². The molecule has 1 saturated carbocycles. The minimum absolute atomic E-state index is 0.263. The number of aromatic hydroxyl groups is 1. The van der Waals surface area contributed by atoms with Crippen LogP contribution in [0.1, 0.15) is 38.1 Å². The van der Waals surface area contributed by atoms with Gasteiger partial charge in [-0.1, -0.05) is 36.4 Å². The summed E-state index contributed by atoms with van der Waals surface area (Å²) in [5.41, 5.74) is 3.04. The second-order valence-electron chi connectivity index (χ2n) is 8.37. The van der Waals surface area contributed by atoms with Gasteiger partial charge < -0.3 is 14.6 Å². The molecule has 6 nitrogen and oxygen atoms in total. The van der Waals surface area contributed by atoms with E-state index in [-0.39, 0.29) is 11.7 Å². The maximum atomic E-state index is 12.4. The van der Waals surface area contributed by atoms with E-state index in [1.54, 1.807) is 12.1 Å². The molecular weight excluding hydrogens is 376 g/mol. The third-order valence-corrected chi connectivity index (χ3v) is 6.22. The van der Waals surface area contributed by atoms with Crippen LogP contribution in [0.15, 0.2) is 54.9 Å². The number of hydrogen-bond acceptors (Lipinski definition) is 4. The van der Waals surface area contributed by atoms with Crippen molar-refractivity contribution in [3.8, 4) is 28.3 Å². The minimum Gasteiger partial charge on any atom is -0.508 e. The number of rotatable bonds is 4. The van der Waals surface area contributed by atoms with Gasteiger partial charge in [0.1, 0.15) is 12.1 Å². The monoisotopic (exact) mass is 402 g/mol. The fourth-order valence-electron chi connectivity index (χ4n) is 4.38. The number of carbonyl (C=O) groups excluding carboxylic acids is 1. The van der Waals surface area contributed by atoms with Crippen LogP contribution in [-0.4, -0.2) is 43.8 Å². The maximum Gasteiger partial charge on any atom is 0.225 e. The average molecular weight is 402 g/mol. The Morgan fingerprint density at radius 1 is 0.933 bits per heavy atom. The summed E-state index contributed by atoms with van der Waals surface area (Å²) < 4.78 is 2.18. The number of likely N-dealkylation sites (tertiary alicyclic amines) is 1. The molecule has 1 atom stereocenters. The number of carbonyl (C=O) groups is 1. The fraction of sp³-hybridized carbons (Fsp3) is 0.375. The number of phenolic OH excluding ortho intramolecular Hbond substituents is 1. The highest BCUT2D eigenvalue weighted by Gasteiger charge is 2.34. The Bertz CT molecular complexity index is 1040. The van der Waals surface area contributed by atoms with E-state index in [1.807, 2.05) is 30.6 Å². The Balaban J connectivity index is 1.34. The molecule has 1 N–H and O–H groups in total. The lowest BCUT2D eigenvalue weighted by atomic mass is 10.0. The molecule has 3 aromatic rings.